The molecule has 0 aromatic carbocycles. The van der Waals surface area contributed by atoms with Gasteiger partial charge in [0.1, 0.15) is 17.8 Å². The molecule has 2 bridgehead atoms. The highest BCUT2D eigenvalue weighted by atomic mass is 127. The van der Waals surface area contributed by atoms with E-state index in [1.54, 1.807) is 0 Å². The minimum atomic E-state index is -1.22. The number of H-pyrrole nitrogens is 1. The SMILES string of the molecule is CC[C@]12CO[C@@H](C1OP(C)OCCC#N)[C@H](n1cc(I)c(=O)[nH]c1=O)O2. The Labute approximate surface area is 164 Å². The third kappa shape index (κ3) is 3.61. The number of halogens is 1. The maximum Gasteiger partial charge on any atom is 0.330 e. The van der Waals surface area contributed by atoms with E-state index < -0.39 is 43.7 Å². The summed E-state index contributed by atoms with van der Waals surface area (Å²) in [7, 11) is -1.22. The summed E-state index contributed by atoms with van der Waals surface area (Å²) in [6.07, 6.45) is 0.834. The van der Waals surface area contributed by atoms with Crippen molar-refractivity contribution in [3.05, 3.63) is 30.6 Å². The largest absolute Gasteiger partial charge is 0.368 e. The molecule has 2 unspecified atom stereocenters. The summed E-state index contributed by atoms with van der Waals surface area (Å²) in [6, 6.07) is 2.02. The van der Waals surface area contributed by atoms with Crippen LogP contribution in [0.5, 0.6) is 0 Å². The van der Waals surface area contributed by atoms with Gasteiger partial charge in [0.05, 0.1) is 29.3 Å². The zero-order valence-corrected chi connectivity index (χ0v) is 17.4. The van der Waals surface area contributed by atoms with Crippen molar-refractivity contribution in [1.29, 1.82) is 5.26 Å². The molecule has 0 spiro atoms. The summed E-state index contributed by atoms with van der Waals surface area (Å²) in [5, 5.41) is 8.60. The predicted molar refractivity (Wildman–Crippen MR) is 101 cm³/mol. The molecule has 2 aliphatic heterocycles. The lowest BCUT2D eigenvalue weighted by molar-refractivity contribution is -0.175. The molecule has 2 aliphatic rings. The number of fused-ring (bicyclic) bond motifs is 2. The Bertz CT molecular complexity index is 823. The van der Waals surface area contributed by atoms with Gasteiger partial charge in [0.15, 0.2) is 14.6 Å². The van der Waals surface area contributed by atoms with Crippen molar-refractivity contribution in [3.63, 3.8) is 0 Å². The van der Waals surface area contributed by atoms with E-state index in [0.29, 0.717) is 29.6 Å². The first kappa shape index (κ1) is 19.9. The molecular formula is C15H19IN3O6P. The molecule has 142 valence electrons. The van der Waals surface area contributed by atoms with Crippen LogP contribution in [0.25, 0.3) is 0 Å². The molecule has 0 radical (unpaired) electrons. The summed E-state index contributed by atoms with van der Waals surface area (Å²) >= 11 is 1.87. The molecule has 11 heteroatoms. The quantitative estimate of drug-likeness (QED) is 0.346. The lowest BCUT2D eigenvalue weighted by Gasteiger charge is -2.31. The van der Waals surface area contributed by atoms with E-state index in [0.717, 1.165) is 0 Å². The molecule has 0 saturated carbocycles. The van der Waals surface area contributed by atoms with E-state index in [1.165, 1.54) is 10.8 Å². The smallest absolute Gasteiger partial charge is 0.330 e. The zero-order valence-electron chi connectivity index (χ0n) is 14.3. The molecule has 2 fully saturated rings. The van der Waals surface area contributed by atoms with E-state index >= 15 is 0 Å². The number of aromatic amines is 1. The Morgan fingerprint density at radius 3 is 3.04 bits per heavy atom. The van der Waals surface area contributed by atoms with Crippen LogP contribution >= 0.6 is 31.0 Å². The second kappa shape index (κ2) is 8.04. The van der Waals surface area contributed by atoms with E-state index in [1.807, 2.05) is 42.2 Å². The van der Waals surface area contributed by atoms with Crippen molar-refractivity contribution in [2.24, 2.45) is 0 Å². The van der Waals surface area contributed by atoms with E-state index in [4.69, 9.17) is 23.8 Å². The number of nitriles is 1. The Morgan fingerprint density at radius 1 is 1.58 bits per heavy atom. The lowest BCUT2D eigenvalue weighted by atomic mass is 9.96. The van der Waals surface area contributed by atoms with Crippen molar-refractivity contribution in [2.45, 2.75) is 43.8 Å². The van der Waals surface area contributed by atoms with Crippen LogP contribution in [-0.4, -0.2) is 47.2 Å². The number of ether oxygens (including phenoxy) is 2. The van der Waals surface area contributed by atoms with Crippen molar-refractivity contribution in [1.82, 2.24) is 9.55 Å². The first-order valence-electron chi connectivity index (χ1n) is 8.12. The normalized spacial score (nSPS) is 31.1. The van der Waals surface area contributed by atoms with E-state index in [2.05, 4.69) is 4.98 Å². The molecule has 0 amide bonds. The fourth-order valence-electron chi connectivity index (χ4n) is 3.16. The van der Waals surface area contributed by atoms with Gasteiger partial charge in [-0.3, -0.25) is 14.3 Å². The highest BCUT2D eigenvalue weighted by molar-refractivity contribution is 14.1. The van der Waals surface area contributed by atoms with Gasteiger partial charge in [-0.05, 0) is 29.0 Å². The maximum absolute atomic E-state index is 12.2. The first-order valence-corrected chi connectivity index (χ1v) is 10.8. The van der Waals surface area contributed by atoms with Gasteiger partial charge < -0.3 is 18.5 Å². The highest BCUT2D eigenvalue weighted by Gasteiger charge is 2.62. The van der Waals surface area contributed by atoms with Crippen LogP contribution in [0.1, 0.15) is 26.0 Å². The first-order chi connectivity index (χ1) is 12.4. The van der Waals surface area contributed by atoms with Gasteiger partial charge in [0.2, 0.25) is 0 Å². The molecule has 1 N–H and O–H groups in total. The molecule has 5 atom stereocenters. The van der Waals surface area contributed by atoms with Crippen molar-refractivity contribution < 1.29 is 18.5 Å². The standard InChI is InChI=1S/C15H19IN3O6P/c1-3-15-8-22-10(11(15)25-26(2)23-6-4-5-17)13(24-15)19-7-9(16)12(20)18-14(19)21/h7,10-11,13H,3-4,6,8H2,1-2H3,(H,18,20,21)/t10-,11?,13+,15-,26?/m0/s1. The van der Waals surface area contributed by atoms with Crippen LogP contribution < -0.4 is 11.2 Å². The van der Waals surface area contributed by atoms with Gasteiger partial charge in [0.25, 0.3) is 5.56 Å². The molecule has 2 saturated heterocycles. The predicted octanol–water partition coefficient (Wildman–Crippen LogP) is 1.47. The van der Waals surface area contributed by atoms with Crippen LogP contribution in [0.3, 0.4) is 0 Å². The zero-order chi connectivity index (χ0) is 18.9. The molecule has 9 nitrogen and oxygen atoms in total. The fourth-order valence-corrected chi connectivity index (χ4v) is 4.64. The average molecular weight is 495 g/mol. The van der Waals surface area contributed by atoms with Gasteiger partial charge in [-0.15, -0.1) is 0 Å². The number of nitrogens with one attached hydrogen (secondary N) is 1. The third-order valence-electron chi connectivity index (χ3n) is 4.52. The van der Waals surface area contributed by atoms with Crippen LogP contribution in [0.15, 0.2) is 15.8 Å². The third-order valence-corrected chi connectivity index (χ3v) is 6.36. The highest BCUT2D eigenvalue weighted by Crippen LogP contribution is 2.52. The van der Waals surface area contributed by atoms with Crippen LogP contribution in [0.2, 0.25) is 0 Å². The molecule has 1 aromatic rings. The molecule has 3 heterocycles. The van der Waals surface area contributed by atoms with Crippen molar-refractivity contribution in [3.8, 4) is 6.07 Å². The molecule has 1 aromatic heterocycles. The minimum Gasteiger partial charge on any atom is -0.368 e. The van der Waals surface area contributed by atoms with Gasteiger partial charge in [-0.1, -0.05) is 6.92 Å². The summed E-state index contributed by atoms with van der Waals surface area (Å²) in [5.74, 6) is 0. The average Bonchev–Trinajstić information content (AvgIpc) is 3.10. The number of nitrogens with zero attached hydrogens (tertiary/aromatic N) is 2. The Kier molecular flexibility index (Phi) is 6.16. The minimum absolute atomic E-state index is 0.296. The Hall–Kier alpha value is -0.830. The van der Waals surface area contributed by atoms with Crippen LogP contribution in [-0.2, 0) is 18.5 Å². The number of rotatable bonds is 7. The summed E-state index contributed by atoms with van der Waals surface area (Å²) in [6.45, 7) is 4.46. The number of aromatic nitrogens is 2. The van der Waals surface area contributed by atoms with Crippen LogP contribution in [0, 0.1) is 14.9 Å². The molecule has 0 aliphatic carbocycles. The molecule has 26 heavy (non-hydrogen) atoms. The monoisotopic (exact) mass is 495 g/mol. The summed E-state index contributed by atoms with van der Waals surface area (Å²) < 4.78 is 25.4. The van der Waals surface area contributed by atoms with Crippen molar-refractivity contribution >= 4 is 31.0 Å². The van der Waals surface area contributed by atoms with Gasteiger partial charge >= 0.3 is 5.69 Å². The second-order valence-corrected chi connectivity index (χ2v) is 8.56. The Balaban J connectivity index is 1.83. The van der Waals surface area contributed by atoms with Gasteiger partial charge in [-0.25, -0.2) is 4.79 Å². The van der Waals surface area contributed by atoms with E-state index in [9.17, 15) is 9.59 Å². The second-order valence-electron chi connectivity index (χ2n) is 6.05. The Morgan fingerprint density at radius 2 is 2.35 bits per heavy atom. The maximum atomic E-state index is 12.2. The number of hydrogen-bond donors (Lipinski definition) is 1. The summed E-state index contributed by atoms with van der Waals surface area (Å²) in [5.41, 5.74) is -1.66. The topological polar surface area (TPSA) is 116 Å². The van der Waals surface area contributed by atoms with Crippen molar-refractivity contribution in [2.75, 3.05) is 19.9 Å². The number of hydrogen-bond acceptors (Lipinski definition) is 7. The van der Waals surface area contributed by atoms with Gasteiger partial charge in [-0.2, -0.15) is 5.26 Å². The molecular weight excluding hydrogens is 476 g/mol. The molecule has 3 rings (SSSR count). The van der Waals surface area contributed by atoms with E-state index in [-0.39, 0.29) is 0 Å². The van der Waals surface area contributed by atoms with Crippen LogP contribution in [0.4, 0.5) is 0 Å². The lowest BCUT2D eigenvalue weighted by Crippen LogP contribution is -2.42. The fraction of sp³-hybridized carbons (Fsp3) is 0.667. The van der Waals surface area contributed by atoms with Gasteiger partial charge in [0, 0.05) is 12.9 Å². The summed E-state index contributed by atoms with van der Waals surface area (Å²) in [4.78, 5) is 26.1.